The molecule has 1 fully saturated rings. The summed E-state index contributed by atoms with van der Waals surface area (Å²) >= 11 is 0. The minimum Gasteiger partial charge on any atom is -0.453 e. The van der Waals surface area contributed by atoms with E-state index in [1.807, 2.05) is 66.7 Å². The van der Waals surface area contributed by atoms with Gasteiger partial charge in [-0.15, -0.1) is 0 Å². The average molecular weight is 469 g/mol. The summed E-state index contributed by atoms with van der Waals surface area (Å²) in [5, 5.41) is 20.2. The fraction of sp³-hybridized carbons (Fsp3) is 0.241. The number of carbonyl (C=O) groups is 1. The Morgan fingerprint density at radius 1 is 0.914 bits per heavy atom. The molecule has 6 nitrogen and oxygen atoms in total. The highest BCUT2D eigenvalue weighted by atomic mass is 16.3. The Balaban J connectivity index is 1.19. The van der Waals surface area contributed by atoms with E-state index >= 15 is 0 Å². The third-order valence-corrected chi connectivity index (χ3v) is 6.70. The Morgan fingerprint density at radius 3 is 2.29 bits per heavy atom. The molecule has 3 heterocycles. The Labute approximate surface area is 204 Å². The van der Waals surface area contributed by atoms with Crippen LogP contribution in [0.2, 0.25) is 0 Å². The lowest BCUT2D eigenvalue weighted by molar-refractivity contribution is 0.0116. The molecule has 178 valence electrons. The zero-order chi connectivity index (χ0) is 24.3. The molecule has 35 heavy (non-hydrogen) atoms. The van der Waals surface area contributed by atoms with Crippen molar-refractivity contribution < 1.29 is 19.4 Å². The van der Waals surface area contributed by atoms with Gasteiger partial charge in [-0.2, -0.15) is 0 Å². The van der Waals surface area contributed by atoms with Gasteiger partial charge in [0.05, 0.1) is 12.2 Å². The zero-order valence-corrected chi connectivity index (χ0v) is 19.4. The minimum atomic E-state index is -0.799. The standard InChI is InChI=1S/C29H28N2O4/c32-20-21-6-9-23(10-7-21)26-11-12-27(35-26)25(33)18-22-8-13-28(30-19-22)31-16-14-29(34,15-17-31)24-4-2-1-3-5-24/h1-13,19,32,34H,14-18,20H2. The molecule has 2 aromatic carbocycles. The molecule has 0 saturated carbocycles. The number of hydrogen-bond donors (Lipinski definition) is 2. The molecular weight excluding hydrogens is 440 g/mol. The molecule has 0 spiro atoms. The maximum atomic E-state index is 12.8. The maximum Gasteiger partial charge on any atom is 0.202 e. The van der Waals surface area contributed by atoms with Crippen LogP contribution in [0.4, 0.5) is 5.82 Å². The van der Waals surface area contributed by atoms with Gasteiger partial charge < -0.3 is 19.5 Å². The van der Waals surface area contributed by atoms with E-state index in [0.717, 1.165) is 28.1 Å². The molecule has 2 N–H and O–H groups in total. The predicted octanol–water partition coefficient (Wildman–Crippen LogP) is 4.75. The molecule has 1 aliphatic heterocycles. The second-order valence-corrected chi connectivity index (χ2v) is 9.03. The Kier molecular flexibility index (Phi) is 6.49. The molecule has 1 aliphatic rings. The molecule has 0 amide bonds. The summed E-state index contributed by atoms with van der Waals surface area (Å²) in [6.45, 7) is 1.42. The number of aliphatic hydroxyl groups excluding tert-OH is 1. The number of ketones is 1. The van der Waals surface area contributed by atoms with Crippen LogP contribution in [0.1, 0.15) is 40.1 Å². The van der Waals surface area contributed by atoms with Gasteiger partial charge in [-0.05, 0) is 47.7 Å². The first-order valence-corrected chi connectivity index (χ1v) is 11.8. The second-order valence-electron chi connectivity index (χ2n) is 9.03. The van der Waals surface area contributed by atoms with Gasteiger partial charge >= 0.3 is 0 Å². The van der Waals surface area contributed by atoms with Gasteiger partial charge in [0.1, 0.15) is 11.6 Å². The van der Waals surface area contributed by atoms with E-state index in [9.17, 15) is 15.0 Å². The lowest BCUT2D eigenvalue weighted by atomic mass is 9.84. The topological polar surface area (TPSA) is 86.8 Å². The number of aliphatic hydroxyl groups is 2. The number of piperidine rings is 1. The number of nitrogens with zero attached hydrogens (tertiary/aromatic N) is 2. The van der Waals surface area contributed by atoms with Gasteiger partial charge in [-0.3, -0.25) is 4.79 Å². The number of benzene rings is 2. The number of anilines is 1. The van der Waals surface area contributed by atoms with Crippen molar-refractivity contribution in [2.45, 2.75) is 31.5 Å². The molecule has 2 aromatic heterocycles. The third-order valence-electron chi connectivity index (χ3n) is 6.70. The van der Waals surface area contributed by atoms with Crippen molar-refractivity contribution in [2.24, 2.45) is 0 Å². The van der Waals surface area contributed by atoms with Crippen LogP contribution >= 0.6 is 0 Å². The van der Waals surface area contributed by atoms with E-state index < -0.39 is 5.60 Å². The highest BCUT2D eigenvalue weighted by Gasteiger charge is 2.34. The third kappa shape index (κ3) is 5.04. The summed E-state index contributed by atoms with van der Waals surface area (Å²) in [5.74, 6) is 1.67. The summed E-state index contributed by atoms with van der Waals surface area (Å²) in [5.41, 5.74) is 2.66. The fourth-order valence-electron chi connectivity index (χ4n) is 4.54. The van der Waals surface area contributed by atoms with Gasteiger partial charge in [-0.25, -0.2) is 4.98 Å². The van der Waals surface area contributed by atoms with E-state index in [1.54, 1.807) is 18.3 Å². The molecule has 0 atom stereocenters. The first-order chi connectivity index (χ1) is 17.0. The molecule has 6 heteroatoms. The SMILES string of the molecule is O=C(Cc1ccc(N2CCC(O)(c3ccccc3)CC2)nc1)c1ccc(-c2ccc(CO)cc2)o1. The molecule has 0 bridgehead atoms. The molecule has 0 radical (unpaired) electrons. The number of rotatable bonds is 7. The van der Waals surface area contributed by atoms with Crippen LogP contribution in [-0.4, -0.2) is 34.1 Å². The van der Waals surface area contributed by atoms with E-state index in [4.69, 9.17) is 4.42 Å². The predicted molar refractivity (Wildman–Crippen MR) is 134 cm³/mol. The van der Waals surface area contributed by atoms with E-state index in [2.05, 4.69) is 9.88 Å². The number of hydrogen-bond acceptors (Lipinski definition) is 6. The second kappa shape index (κ2) is 9.86. The number of Topliss-reactive ketones (excluding diaryl/α,β-unsaturated/α-hetero) is 1. The summed E-state index contributed by atoms with van der Waals surface area (Å²) in [7, 11) is 0. The van der Waals surface area contributed by atoms with Crippen molar-refractivity contribution in [2.75, 3.05) is 18.0 Å². The highest BCUT2D eigenvalue weighted by molar-refractivity contribution is 5.95. The average Bonchev–Trinajstić information content (AvgIpc) is 3.41. The lowest BCUT2D eigenvalue weighted by Crippen LogP contribution is -2.42. The van der Waals surface area contributed by atoms with Crippen LogP contribution in [0.5, 0.6) is 0 Å². The molecule has 5 rings (SSSR count). The van der Waals surface area contributed by atoms with E-state index in [1.165, 1.54) is 0 Å². The van der Waals surface area contributed by atoms with Gasteiger partial charge in [0.15, 0.2) is 5.76 Å². The minimum absolute atomic E-state index is 0.0113. The Bertz CT molecular complexity index is 1270. The number of furan rings is 1. The van der Waals surface area contributed by atoms with Crippen molar-refractivity contribution in [3.63, 3.8) is 0 Å². The first kappa shape index (κ1) is 23.0. The lowest BCUT2D eigenvalue weighted by Gasteiger charge is -2.39. The highest BCUT2D eigenvalue weighted by Crippen LogP contribution is 2.34. The van der Waals surface area contributed by atoms with Gasteiger partial charge in [-0.1, -0.05) is 60.7 Å². The van der Waals surface area contributed by atoms with Gasteiger partial charge in [0.25, 0.3) is 0 Å². The van der Waals surface area contributed by atoms with Crippen molar-refractivity contribution in [3.05, 3.63) is 108 Å². The molecule has 4 aromatic rings. The Morgan fingerprint density at radius 2 is 1.63 bits per heavy atom. The zero-order valence-electron chi connectivity index (χ0n) is 19.4. The number of aromatic nitrogens is 1. The van der Waals surface area contributed by atoms with Crippen LogP contribution in [0.25, 0.3) is 11.3 Å². The molecule has 1 saturated heterocycles. The van der Waals surface area contributed by atoms with Crippen LogP contribution in [-0.2, 0) is 18.6 Å². The number of carbonyl (C=O) groups excluding carboxylic acids is 1. The van der Waals surface area contributed by atoms with Gasteiger partial charge in [0, 0.05) is 31.3 Å². The molecule has 0 unspecified atom stereocenters. The maximum absolute atomic E-state index is 12.8. The fourth-order valence-corrected chi connectivity index (χ4v) is 4.54. The van der Waals surface area contributed by atoms with Crippen LogP contribution in [0, 0.1) is 0 Å². The Hall–Kier alpha value is -3.74. The van der Waals surface area contributed by atoms with Crippen LogP contribution < -0.4 is 4.90 Å². The van der Waals surface area contributed by atoms with Crippen LogP contribution in [0.15, 0.2) is 89.5 Å². The molecule has 0 aliphatic carbocycles. The van der Waals surface area contributed by atoms with Crippen molar-refractivity contribution in [3.8, 4) is 11.3 Å². The van der Waals surface area contributed by atoms with Gasteiger partial charge in [0.2, 0.25) is 5.78 Å². The van der Waals surface area contributed by atoms with Crippen molar-refractivity contribution in [1.29, 1.82) is 0 Å². The summed E-state index contributed by atoms with van der Waals surface area (Å²) < 4.78 is 5.79. The van der Waals surface area contributed by atoms with Crippen LogP contribution in [0.3, 0.4) is 0 Å². The van der Waals surface area contributed by atoms with Crippen molar-refractivity contribution in [1.82, 2.24) is 4.98 Å². The largest absolute Gasteiger partial charge is 0.453 e. The van der Waals surface area contributed by atoms with Crippen molar-refractivity contribution >= 4 is 11.6 Å². The molecular formula is C29H28N2O4. The number of pyridine rings is 1. The summed E-state index contributed by atoms with van der Waals surface area (Å²) in [6, 6.07) is 24.6. The van der Waals surface area contributed by atoms with E-state index in [-0.39, 0.29) is 18.8 Å². The quantitative estimate of drug-likeness (QED) is 0.381. The van der Waals surface area contributed by atoms with E-state index in [0.29, 0.717) is 37.5 Å². The smallest absolute Gasteiger partial charge is 0.202 e. The summed E-state index contributed by atoms with van der Waals surface area (Å²) in [4.78, 5) is 19.5. The normalized spacial score (nSPS) is 15.2. The summed E-state index contributed by atoms with van der Waals surface area (Å²) in [6.07, 6.45) is 3.23. The monoisotopic (exact) mass is 468 g/mol. The first-order valence-electron chi connectivity index (χ1n) is 11.8.